The van der Waals surface area contributed by atoms with Crippen molar-refractivity contribution in [3.05, 3.63) is 52.5 Å². The number of nitrogens with one attached hydrogen (secondary N) is 2. The summed E-state index contributed by atoms with van der Waals surface area (Å²) in [7, 11) is 0. The zero-order valence-electron chi connectivity index (χ0n) is 13.8. The van der Waals surface area contributed by atoms with Gasteiger partial charge in [-0.3, -0.25) is 9.59 Å². The molecule has 0 unspecified atom stereocenters. The maximum Gasteiger partial charge on any atom is 0.234 e. The number of aryl methyl sites for hydroxylation is 1. The summed E-state index contributed by atoms with van der Waals surface area (Å²) in [6.45, 7) is 2.02. The van der Waals surface area contributed by atoms with E-state index in [2.05, 4.69) is 26.6 Å². The lowest BCUT2D eigenvalue weighted by atomic mass is 10.2. The Labute approximate surface area is 159 Å². The van der Waals surface area contributed by atoms with Gasteiger partial charge in [-0.2, -0.15) is 0 Å². The van der Waals surface area contributed by atoms with Crippen molar-refractivity contribution >= 4 is 50.9 Å². The Morgan fingerprint density at radius 2 is 1.84 bits per heavy atom. The second kappa shape index (κ2) is 8.06. The van der Waals surface area contributed by atoms with E-state index in [1.54, 1.807) is 6.07 Å². The molecule has 2 aromatic carbocycles. The van der Waals surface area contributed by atoms with Gasteiger partial charge in [0.1, 0.15) is 0 Å². The van der Waals surface area contributed by atoms with Gasteiger partial charge in [0.2, 0.25) is 11.8 Å². The van der Waals surface area contributed by atoms with Gasteiger partial charge in [0.15, 0.2) is 0 Å². The number of amides is 2. The molecule has 2 amide bonds. The molecule has 1 aliphatic carbocycles. The van der Waals surface area contributed by atoms with E-state index in [1.807, 2.05) is 43.3 Å². The molecule has 25 heavy (non-hydrogen) atoms. The van der Waals surface area contributed by atoms with Crippen LogP contribution in [0.3, 0.4) is 0 Å². The number of thioether (sulfide) groups is 1. The van der Waals surface area contributed by atoms with Crippen LogP contribution in [0.2, 0.25) is 0 Å². The average molecular weight is 419 g/mol. The van der Waals surface area contributed by atoms with E-state index >= 15 is 0 Å². The van der Waals surface area contributed by atoms with Crippen molar-refractivity contribution in [2.24, 2.45) is 5.92 Å². The number of carbonyl (C=O) groups is 2. The number of carbonyl (C=O) groups excluding carboxylic acids is 2. The molecule has 2 N–H and O–H groups in total. The van der Waals surface area contributed by atoms with E-state index in [0.717, 1.165) is 27.8 Å². The molecule has 0 aromatic heterocycles. The fourth-order valence-corrected chi connectivity index (χ4v) is 3.66. The van der Waals surface area contributed by atoms with Crippen LogP contribution in [0, 0.1) is 12.8 Å². The Bertz CT molecular complexity index is 806. The van der Waals surface area contributed by atoms with Crippen LogP contribution < -0.4 is 10.6 Å². The number of benzene rings is 2. The van der Waals surface area contributed by atoms with Crippen molar-refractivity contribution in [3.63, 3.8) is 0 Å². The number of hydrogen-bond donors (Lipinski definition) is 2. The molecule has 2 aromatic rings. The zero-order chi connectivity index (χ0) is 17.8. The van der Waals surface area contributed by atoms with Crippen LogP contribution in [-0.4, -0.2) is 17.6 Å². The highest BCUT2D eigenvalue weighted by atomic mass is 79.9. The fraction of sp³-hybridized carbons (Fsp3) is 0.263. The summed E-state index contributed by atoms with van der Waals surface area (Å²) in [5.41, 5.74) is 2.54. The minimum atomic E-state index is -0.0713. The Morgan fingerprint density at radius 1 is 1.12 bits per heavy atom. The van der Waals surface area contributed by atoms with Gasteiger partial charge in [-0.15, -0.1) is 11.8 Å². The van der Waals surface area contributed by atoms with Crippen molar-refractivity contribution in [2.75, 3.05) is 16.4 Å². The van der Waals surface area contributed by atoms with Crippen LogP contribution in [0.4, 0.5) is 11.4 Å². The Hall–Kier alpha value is -1.79. The third kappa shape index (κ3) is 5.34. The van der Waals surface area contributed by atoms with Crippen molar-refractivity contribution in [1.82, 2.24) is 0 Å². The second-order valence-electron chi connectivity index (χ2n) is 6.09. The van der Waals surface area contributed by atoms with Gasteiger partial charge in [-0.25, -0.2) is 0 Å². The Kier molecular flexibility index (Phi) is 5.81. The fourth-order valence-electron chi connectivity index (χ4n) is 2.38. The van der Waals surface area contributed by atoms with Crippen LogP contribution in [0.1, 0.15) is 18.4 Å². The SMILES string of the molecule is Cc1cc(Br)ccc1SCC(=O)Nc1cccc(NC(=O)C2CC2)c1. The summed E-state index contributed by atoms with van der Waals surface area (Å²) < 4.78 is 1.03. The first-order chi connectivity index (χ1) is 12.0. The molecule has 0 aliphatic heterocycles. The molecule has 0 radical (unpaired) electrons. The van der Waals surface area contributed by atoms with Gasteiger partial charge >= 0.3 is 0 Å². The van der Waals surface area contributed by atoms with E-state index in [-0.39, 0.29) is 17.7 Å². The maximum absolute atomic E-state index is 12.2. The number of hydrogen-bond acceptors (Lipinski definition) is 3. The highest BCUT2D eigenvalue weighted by Gasteiger charge is 2.29. The minimum absolute atomic E-state index is 0.0599. The topological polar surface area (TPSA) is 58.2 Å². The summed E-state index contributed by atoms with van der Waals surface area (Å²) in [6.07, 6.45) is 1.93. The van der Waals surface area contributed by atoms with Crippen molar-refractivity contribution in [2.45, 2.75) is 24.7 Å². The normalized spacial score (nSPS) is 13.4. The summed E-state index contributed by atoms with van der Waals surface area (Å²) in [5, 5.41) is 5.77. The van der Waals surface area contributed by atoms with Crippen LogP contribution in [-0.2, 0) is 9.59 Å². The van der Waals surface area contributed by atoms with Gasteiger partial charge in [0.25, 0.3) is 0 Å². The van der Waals surface area contributed by atoms with Gasteiger partial charge in [-0.05, 0) is 61.7 Å². The highest BCUT2D eigenvalue weighted by Crippen LogP contribution is 2.30. The Morgan fingerprint density at radius 3 is 2.52 bits per heavy atom. The molecule has 130 valence electrons. The van der Waals surface area contributed by atoms with E-state index in [0.29, 0.717) is 17.1 Å². The molecular weight excluding hydrogens is 400 g/mol. The molecule has 0 spiro atoms. The molecule has 1 fully saturated rings. The lowest BCUT2D eigenvalue weighted by Crippen LogP contribution is -2.15. The summed E-state index contributed by atoms with van der Waals surface area (Å²) >= 11 is 4.95. The molecule has 1 saturated carbocycles. The standard InChI is InChI=1S/C19H19BrN2O2S/c1-12-9-14(20)7-8-17(12)25-11-18(23)21-15-3-2-4-16(10-15)22-19(24)13-5-6-13/h2-4,7-10,13H,5-6,11H2,1H3,(H,21,23)(H,22,24). The second-order valence-corrected chi connectivity index (χ2v) is 8.02. The molecule has 0 saturated heterocycles. The third-order valence-electron chi connectivity index (χ3n) is 3.86. The molecule has 1 aliphatic rings. The summed E-state index contributed by atoms with van der Waals surface area (Å²) in [4.78, 5) is 25.1. The van der Waals surface area contributed by atoms with Crippen LogP contribution >= 0.6 is 27.7 Å². The lowest BCUT2D eigenvalue weighted by Gasteiger charge is -2.09. The first kappa shape index (κ1) is 18.0. The monoisotopic (exact) mass is 418 g/mol. The summed E-state index contributed by atoms with van der Waals surface area (Å²) in [6, 6.07) is 13.3. The molecule has 0 atom stereocenters. The molecule has 4 nitrogen and oxygen atoms in total. The van der Waals surface area contributed by atoms with Crippen molar-refractivity contribution in [1.29, 1.82) is 0 Å². The van der Waals surface area contributed by atoms with Crippen LogP contribution in [0.5, 0.6) is 0 Å². The number of halogens is 1. The predicted molar refractivity (Wildman–Crippen MR) is 106 cm³/mol. The number of rotatable bonds is 6. The quantitative estimate of drug-likeness (QED) is 0.659. The van der Waals surface area contributed by atoms with Crippen LogP contribution in [0.25, 0.3) is 0 Å². The summed E-state index contributed by atoms with van der Waals surface area (Å²) in [5.74, 6) is 0.479. The van der Waals surface area contributed by atoms with Crippen LogP contribution in [0.15, 0.2) is 51.8 Å². The van der Waals surface area contributed by atoms with Crippen molar-refractivity contribution < 1.29 is 9.59 Å². The minimum Gasteiger partial charge on any atom is -0.326 e. The van der Waals surface area contributed by atoms with Gasteiger partial charge in [-0.1, -0.05) is 22.0 Å². The van der Waals surface area contributed by atoms with Crippen molar-refractivity contribution in [3.8, 4) is 0 Å². The Balaban J connectivity index is 1.54. The predicted octanol–water partition coefficient (Wildman–Crippen LogP) is 4.84. The first-order valence-electron chi connectivity index (χ1n) is 8.11. The maximum atomic E-state index is 12.2. The van der Waals surface area contributed by atoms with Gasteiger partial charge in [0, 0.05) is 26.7 Å². The largest absolute Gasteiger partial charge is 0.326 e. The third-order valence-corrected chi connectivity index (χ3v) is 5.53. The molecular formula is C19H19BrN2O2S. The first-order valence-corrected chi connectivity index (χ1v) is 9.89. The lowest BCUT2D eigenvalue weighted by molar-refractivity contribution is -0.117. The zero-order valence-corrected chi connectivity index (χ0v) is 16.2. The molecule has 6 heteroatoms. The van der Waals surface area contributed by atoms with Gasteiger partial charge in [0.05, 0.1) is 5.75 Å². The van der Waals surface area contributed by atoms with Gasteiger partial charge < -0.3 is 10.6 Å². The molecule has 0 bridgehead atoms. The molecule has 3 rings (SSSR count). The van der Waals surface area contributed by atoms with E-state index < -0.39 is 0 Å². The van der Waals surface area contributed by atoms with E-state index in [4.69, 9.17) is 0 Å². The molecule has 0 heterocycles. The highest BCUT2D eigenvalue weighted by molar-refractivity contribution is 9.10. The van der Waals surface area contributed by atoms with E-state index in [9.17, 15) is 9.59 Å². The van der Waals surface area contributed by atoms with E-state index in [1.165, 1.54) is 11.8 Å². The smallest absolute Gasteiger partial charge is 0.234 e. The number of anilines is 2. The average Bonchev–Trinajstić information content (AvgIpc) is 3.39.